The molecule has 0 aliphatic heterocycles. The van der Waals surface area contributed by atoms with E-state index in [4.69, 9.17) is 21.9 Å². The minimum atomic E-state index is 0.359. The number of rotatable bonds is 3. The molecule has 1 aromatic carbocycles. The molecule has 0 bridgehead atoms. The monoisotopic (exact) mass is 288 g/mol. The predicted molar refractivity (Wildman–Crippen MR) is 79.7 cm³/mol. The second kappa shape index (κ2) is 5.02. The van der Waals surface area contributed by atoms with E-state index in [0.29, 0.717) is 23.1 Å². The average molecular weight is 289 g/mol. The Morgan fingerprint density at radius 1 is 1.35 bits per heavy atom. The number of nitrogens with one attached hydrogen (secondary N) is 1. The topological polar surface area (TPSA) is 77.0 Å². The summed E-state index contributed by atoms with van der Waals surface area (Å²) in [6.07, 6.45) is 0. The molecule has 0 saturated carbocycles. The summed E-state index contributed by atoms with van der Waals surface area (Å²) < 4.78 is 5.21. The number of nitrogen functional groups attached to an aromatic ring is 1. The molecule has 0 aliphatic rings. The number of benzene rings is 1. The van der Waals surface area contributed by atoms with Crippen LogP contribution in [0.2, 0.25) is 5.15 Å². The van der Waals surface area contributed by atoms with Crippen LogP contribution in [0.5, 0.6) is 0 Å². The lowest BCUT2D eigenvalue weighted by Gasteiger charge is -2.09. The van der Waals surface area contributed by atoms with Gasteiger partial charge in [-0.1, -0.05) is 35.0 Å². The Morgan fingerprint density at radius 3 is 2.95 bits per heavy atom. The highest BCUT2D eigenvalue weighted by Crippen LogP contribution is 2.28. The molecule has 20 heavy (non-hydrogen) atoms. The number of aromatic nitrogens is 2. The van der Waals surface area contributed by atoms with Crippen molar-refractivity contribution in [2.24, 2.45) is 0 Å². The van der Waals surface area contributed by atoms with Crippen molar-refractivity contribution in [1.82, 2.24) is 10.1 Å². The molecular weight excluding hydrogens is 276 g/mol. The maximum atomic E-state index is 5.98. The third kappa shape index (κ3) is 2.28. The van der Waals surface area contributed by atoms with E-state index in [-0.39, 0.29) is 0 Å². The van der Waals surface area contributed by atoms with Crippen LogP contribution in [0.15, 0.2) is 34.9 Å². The summed E-state index contributed by atoms with van der Waals surface area (Å²) in [7, 11) is 0. The van der Waals surface area contributed by atoms with Gasteiger partial charge in [0.25, 0.3) is 0 Å². The molecule has 2 heterocycles. The molecule has 3 aromatic rings. The van der Waals surface area contributed by atoms with Crippen LogP contribution in [0.4, 0.5) is 11.5 Å². The van der Waals surface area contributed by atoms with E-state index < -0.39 is 0 Å². The molecule has 102 valence electrons. The fourth-order valence-electron chi connectivity index (χ4n) is 2.08. The molecule has 0 spiro atoms. The van der Waals surface area contributed by atoms with Gasteiger partial charge in [0.2, 0.25) is 0 Å². The highest BCUT2D eigenvalue weighted by Gasteiger charge is 2.12. The second-order valence-corrected chi connectivity index (χ2v) is 4.87. The van der Waals surface area contributed by atoms with E-state index >= 15 is 0 Å². The molecule has 0 radical (unpaired) electrons. The maximum Gasteiger partial charge on any atom is 0.173 e. The van der Waals surface area contributed by atoms with Crippen LogP contribution in [0.25, 0.3) is 11.0 Å². The molecule has 2 aromatic heterocycles. The largest absolute Gasteiger partial charge is 0.398 e. The Kier molecular flexibility index (Phi) is 3.20. The molecule has 0 unspecified atom stereocenters. The number of hydrogen-bond acceptors (Lipinski definition) is 5. The Hall–Kier alpha value is -2.27. The lowest BCUT2D eigenvalue weighted by atomic mass is 10.2. The third-order valence-corrected chi connectivity index (χ3v) is 3.29. The molecule has 0 atom stereocenters. The Morgan fingerprint density at radius 2 is 2.15 bits per heavy atom. The molecule has 5 nitrogen and oxygen atoms in total. The van der Waals surface area contributed by atoms with Crippen LogP contribution >= 0.6 is 11.6 Å². The van der Waals surface area contributed by atoms with Crippen molar-refractivity contribution < 1.29 is 4.52 Å². The fourth-order valence-corrected chi connectivity index (χ4v) is 2.26. The SMILES string of the molecule is Cc1noc2cc(Cl)nc(NCc3ccccc3N)c12. The van der Waals surface area contributed by atoms with Gasteiger partial charge in [0.1, 0.15) is 11.0 Å². The first-order valence-corrected chi connectivity index (χ1v) is 6.52. The molecule has 0 fully saturated rings. The van der Waals surface area contributed by atoms with E-state index in [1.54, 1.807) is 6.07 Å². The fraction of sp³-hybridized carbons (Fsp3) is 0.143. The van der Waals surface area contributed by atoms with Gasteiger partial charge in [-0.25, -0.2) is 4.98 Å². The van der Waals surface area contributed by atoms with Gasteiger partial charge in [-0.05, 0) is 18.6 Å². The quantitative estimate of drug-likeness (QED) is 0.571. The van der Waals surface area contributed by atoms with Crippen molar-refractivity contribution >= 4 is 34.1 Å². The molecule has 6 heteroatoms. The molecule has 0 saturated heterocycles. The van der Waals surface area contributed by atoms with Gasteiger partial charge in [0.05, 0.1) is 11.1 Å². The van der Waals surface area contributed by atoms with Crippen molar-refractivity contribution in [1.29, 1.82) is 0 Å². The number of nitrogens with two attached hydrogens (primary N) is 1. The van der Waals surface area contributed by atoms with Crippen molar-refractivity contribution in [3.63, 3.8) is 0 Å². The summed E-state index contributed by atoms with van der Waals surface area (Å²) in [6.45, 7) is 2.42. The number of nitrogens with zero attached hydrogens (tertiary/aromatic N) is 2. The summed E-state index contributed by atoms with van der Waals surface area (Å²) in [4.78, 5) is 4.29. The standard InChI is InChI=1S/C14H13ClN4O/c1-8-13-11(20-19-8)6-12(15)18-14(13)17-7-9-4-2-3-5-10(9)16/h2-6H,7,16H2,1H3,(H,17,18). The lowest BCUT2D eigenvalue weighted by Crippen LogP contribution is -2.04. The van der Waals surface area contributed by atoms with Gasteiger partial charge in [-0.15, -0.1) is 0 Å². The number of hydrogen-bond donors (Lipinski definition) is 2. The zero-order chi connectivity index (χ0) is 14.1. The highest BCUT2D eigenvalue weighted by molar-refractivity contribution is 6.30. The summed E-state index contributed by atoms with van der Waals surface area (Å²) in [5.74, 6) is 0.648. The van der Waals surface area contributed by atoms with Gasteiger partial charge >= 0.3 is 0 Å². The first-order valence-electron chi connectivity index (χ1n) is 6.15. The normalized spacial score (nSPS) is 10.9. The smallest absolute Gasteiger partial charge is 0.173 e. The molecule has 3 N–H and O–H groups in total. The zero-order valence-electron chi connectivity index (χ0n) is 10.9. The van der Waals surface area contributed by atoms with Gasteiger partial charge in [-0.3, -0.25) is 0 Å². The summed E-state index contributed by atoms with van der Waals surface area (Å²) in [5.41, 5.74) is 9.04. The van der Waals surface area contributed by atoms with E-state index in [9.17, 15) is 0 Å². The third-order valence-electron chi connectivity index (χ3n) is 3.10. The van der Waals surface area contributed by atoms with E-state index in [1.807, 2.05) is 31.2 Å². The summed E-state index contributed by atoms with van der Waals surface area (Å²) in [6, 6.07) is 9.32. The van der Waals surface area contributed by atoms with Crippen LogP contribution < -0.4 is 11.1 Å². The summed E-state index contributed by atoms with van der Waals surface area (Å²) in [5, 5.41) is 8.36. The summed E-state index contributed by atoms with van der Waals surface area (Å²) >= 11 is 5.98. The number of fused-ring (bicyclic) bond motifs is 1. The Labute approximate surface area is 120 Å². The lowest BCUT2D eigenvalue weighted by molar-refractivity contribution is 0.450. The second-order valence-electron chi connectivity index (χ2n) is 4.49. The van der Waals surface area contributed by atoms with Crippen LogP contribution in [-0.2, 0) is 6.54 Å². The van der Waals surface area contributed by atoms with Crippen molar-refractivity contribution in [3.05, 3.63) is 46.7 Å². The number of aryl methyl sites for hydroxylation is 1. The number of anilines is 2. The van der Waals surface area contributed by atoms with E-state index in [1.165, 1.54) is 0 Å². The van der Waals surface area contributed by atoms with Crippen LogP contribution in [0, 0.1) is 6.92 Å². The molecular formula is C14H13ClN4O. The number of para-hydroxylation sites is 1. The first kappa shape index (κ1) is 12.7. The van der Waals surface area contributed by atoms with E-state index in [2.05, 4.69) is 15.5 Å². The minimum Gasteiger partial charge on any atom is -0.398 e. The van der Waals surface area contributed by atoms with Gasteiger partial charge in [0.15, 0.2) is 5.58 Å². The highest BCUT2D eigenvalue weighted by atomic mass is 35.5. The predicted octanol–water partition coefficient (Wildman–Crippen LogP) is 3.38. The van der Waals surface area contributed by atoms with Gasteiger partial charge in [0, 0.05) is 18.3 Å². The maximum absolute atomic E-state index is 5.98. The van der Waals surface area contributed by atoms with Gasteiger partial charge < -0.3 is 15.6 Å². The van der Waals surface area contributed by atoms with Crippen LogP contribution in [-0.4, -0.2) is 10.1 Å². The van der Waals surface area contributed by atoms with Crippen molar-refractivity contribution in [2.45, 2.75) is 13.5 Å². The zero-order valence-corrected chi connectivity index (χ0v) is 11.6. The average Bonchev–Trinajstić information content (AvgIpc) is 2.79. The van der Waals surface area contributed by atoms with Crippen LogP contribution in [0.1, 0.15) is 11.3 Å². The minimum absolute atomic E-state index is 0.359. The molecule has 3 rings (SSSR count). The van der Waals surface area contributed by atoms with Gasteiger partial charge in [-0.2, -0.15) is 0 Å². The molecule has 0 aliphatic carbocycles. The molecule has 0 amide bonds. The first-order chi connectivity index (χ1) is 9.65. The number of halogens is 1. The van der Waals surface area contributed by atoms with E-state index in [0.717, 1.165) is 22.3 Å². The van der Waals surface area contributed by atoms with Crippen LogP contribution in [0.3, 0.4) is 0 Å². The Bertz CT molecular complexity index is 769. The van der Waals surface area contributed by atoms with Crippen molar-refractivity contribution in [2.75, 3.05) is 11.1 Å². The number of pyridine rings is 1. The van der Waals surface area contributed by atoms with Crippen molar-refractivity contribution in [3.8, 4) is 0 Å². The Balaban J connectivity index is 1.95.